The molecule has 0 aliphatic rings. The fraction of sp³-hybridized carbons (Fsp3) is 0.222. The molecule has 4 nitrogen and oxygen atoms in total. The number of rotatable bonds is 5. The Labute approximate surface area is 163 Å². The van der Waals surface area contributed by atoms with Crippen LogP contribution in [-0.2, 0) is 15.8 Å². The van der Waals surface area contributed by atoms with E-state index in [1.807, 2.05) is 0 Å². The largest absolute Gasteiger partial charge is 0.417 e. The van der Waals surface area contributed by atoms with Crippen molar-refractivity contribution in [3.63, 3.8) is 0 Å². The number of hydrogen-bond donors (Lipinski definition) is 2. The molecule has 1 atom stereocenters. The molecular weight excluding hydrogens is 401 g/mol. The summed E-state index contributed by atoms with van der Waals surface area (Å²) < 4.78 is 38.7. The third kappa shape index (κ3) is 6.18. The minimum Gasteiger partial charge on any atom is -0.326 e. The summed E-state index contributed by atoms with van der Waals surface area (Å²) >= 11 is 6.81. The summed E-state index contributed by atoms with van der Waals surface area (Å²) in [5.74, 6) is -0.634. The maximum absolute atomic E-state index is 12.9. The van der Waals surface area contributed by atoms with Gasteiger partial charge in [-0.05, 0) is 49.4 Å². The van der Waals surface area contributed by atoms with Gasteiger partial charge in [0.1, 0.15) is 0 Å². The number of benzene rings is 2. The molecule has 27 heavy (non-hydrogen) atoms. The molecule has 0 aliphatic carbocycles. The van der Waals surface area contributed by atoms with E-state index in [0.717, 1.165) is 17.0 Å². The standard InChI is InChI=1S/C18H16ClF3N2O2S/c1-10(27-14-6-3-12(4-7-14)23-11(2)25)17(26)24-13-5-8-16(19)15(9-13)18(20,21)22/h3-10H,1-2H3,(H,23,25)(H,24,26). The topological polar surface area (TPSA) is 58.2 Å². The summed E-state index contributed by atoms with van der Waals surface area (Å²) in [5, 5.41) is 4.11. The van der Waals surface area contributed by atoms with Crippen molar-refractivity contribution in [1.29, 1.82) is 0 Å². The molecule has 0 aliphatic heterocycles. The second-order valence-corrected chi connectivity index (χ2v) is 7.47. The summed E-state index contributed by atoms with van der Waals surface area (Å²) in [6, 6.07) is 10.1. The van der Waals surface area contributed by atoms with Crippen molar-refractivity contribution in [3.8, 4) is 0 Å². The minimum atomic E-state index is -4.60. The average molecular weight is 417 g/mol. The number of carbonyl (C=O) groups excluding carboxylic acids is 2. The van der Waals surface area contributed by atoms with Crippen LogP contribution in [0.5, 0.6) is 0 Å². The molecule has 9 heteroatoms. The first kappa shape index (κ1) is 21.1. The first-order valence-corrected chi connectivity index (χ1v) is 9.04. The van der Waals surface area contributed by atoms with Crippen LogP contribution in [-0.4, -0.2) is 17.1 Å². The second kappa shape index (κ2) is 8.67. The lowest BCUT2D eigenvalue weighted by atomic mass is 10.2. The molecule has 0 heterocycles. The summed E-state index contributed by atoms with van der Waals surface area (Å²) in [5.41, 5.74) is -0.356. The zero-order valence-corrected chi connectivity index (χ0v) is 15.9. The fourth-order valence-electron chi connectivity index (χ4n) is 2.14. The van der Waals surface area contributed by atoms with Crippen LogP contribution in [0.15, 0.2) is 47.4 Å². The predicted molar refractivity (Wildman–Crippen MR) is 101 cm³/mol. The number of carbonyl (C=O) groups is 2. The maximum atomic E-state index is 12.9. The van der Waals surface area contributed by atoms with Crippen molar-refractivity contribution in [1.82, 2.24) is 0 Å². The summed E-state index contributed by atoms with van der Waals surface area (Å²) in [6.07, 6.45) is -4.60. The van der Waals surface area contributed by atoms with Crippen LogP contribution in [0.3, 0.4) is 0 Å². The van der Waals surface area contributed by atoms with Gasteiger partial charge in [0.25, 0.3) is 0 Å². The average Bonchev–Trinajstić information content (AvgIpc) is 2.56. The molecule has 1 unspecified atom stereocenters. The van der Waals surface area contributed by atoms with Gasteiger partial charge in [0.05, 0.1) is 15.8 Å². The molecule has 2 aromatic carbocycles. The van der Waals surface area contributed by atoms with Crippen molar-refractivity contribution in [2.45, 2.75) is 30.2 Å². The quantitative estimate of drug-likeness (QED) is 0.638. The summed E-state index contributed by atoms with van der Waals surface area (Å²) in [6.45, 7) is 3.04. The third-order valence-corrected chi connectivity index (χ3v) is 4.84. The van der Waals surface area contributed by atoms with E-state index < -0.39 is 27.9 Å². The van der Waals surface area contributed by atoms with Crippen LogP contribution < -0.4 is 10.6 Å². The van der Waals surface area contributed by atoms with E-state index in [1.54, 1.807) is 31.2 Å². The lowest BCUT2D eigenvalue weighted by Gasteiger charge is -2.14. The molecule has 0 fully saturated rings. The van der Waals surface area contributed by atoms with Gasteiger partial charge in [-0.1, -0.05) is 11.6 Å². The number of thioether (sulfide) groups is 1. The molecule has 2 N–H and O–H groups in total. The predicted octanol–water partition coefficient (Wildman–Crippen LogP) is 5.44. The Morgan fingerprint density at radius 2 is 1.63 bits per heavy atom. The smallest absolute Gasteiger partial charge is 0.326 e. The highest BCUT2D eigenvalue weighted by atomic mass is 35.5. The Morgan fingerprint density at radius 3 is 2.19 bits per heavy atom. The molecule has 0 spiro atoms. The van der Waals surface area contributed by atoms with Crippen LogP contribution in [0.2, 0.25) is 5.02 Å². The zero-order chi connectivity index (χ0) is 20.2. The Hall–Kier alpha value is -2.19. The highest BCUT2D eigenvalue weighted by molar-refractivity contribution is 8.00. The first-order chi connectivity index (χ1) is 12.6. The maximum Gasteiger partial charge on any atom is 0.417 e. The van der Waals surface area contributed by atoms with E-state index in [9.17, 15) is 22.8 Å². The first-order valence-electron chi connectivity index (χ1n) is 7.78. The zero-order valence-electron chi connectivity index (χ0n) is 14.4. The summed E-state index contributed by atoms with van der Waals surface area (Å²) in [7, 11) is 0. The van der Waals surface area contributed by atoms with E-state index in [2.05, 4.69) is 10.6 Å². The Balaban J connectivity index is 2.02. The van der Waals surface area contributed by atoms with Gasteiger partial charge >= 0.3 is 6.18 Å². The molecule has 0 saturated heterocycles. The number of amides is 2. The van der Waals surface area contributed by atoms with Gasteiger partial charge in [-0.3, -0.25) is 9.59 Å². The molecule has 2 rings (SSSR count). The van der Waals surface area contributed by atoms with Crippen molar-refractivity contribution < 1.29 is 22.8 Å². The van der Waals surface area contributed by atoms with Gasteiger partial charge in [0.15, 0.2) is 0 Å². The normalized spacial score (nSPS) is 12.4. The minimum absolute atomic E-state index is 0.0187. The molecule has 0 radical (unpaired) electrons. The van der Waals surface area contributed by atoms with E-state index in [0.29, 0.717) is 5.69 Å². The van der Waals surface area contributed by atoms with E-state index in [4.69, 9.17) is 11.6 Å². The van der Waals surface area contributed by atoms with Gasteiger partial charge in [-0.15, -0.1) is 11.8 Å². The SMILES string of the molecule is CC(=O)Nc1ccc(SC(C)C(=O)Nc2ccc(Cl)c(C(F)(F)F)c2)cc1. The third-order valence-electron chi connectivity index (χ3n) is 3.40. The fourth-order valence-corrected chi connectivity index (χ4v) is 3.23. The number of alkyl halides is 3. The number of nitrogens with one attached hydrogen (secondary N) is 2. The van der Waals surface area contributed by atoms with Crippen molar-refractivity contribution in [2.24, 2.45) is 0 Å². The lowest BCUT2D eigenvalue weighted by molar-refractivity contribution is -0.137. The van der Waals surface area contributed by atoms with Crippen LogP contribution in [0, 0.1) is 0 Å². The molecule has 0 aromatic heterocycles. The van der Waals surface area contributed by atoms with Gasteiger partial charge < -0.3 is 10.6 Å². The van der Waals surface area contributed by atoms with Gasteiger partial charge in [-0.25, -0.2) is 0 Å². The second-order valence-electron chi connectivity index (χ2n) is 5.65. The number of anilines is 2. The molecule has 0 bridgehead atoms. The van der Waals surface area contributed by atoms with Crippen molar-refractivity contribution in [3.05, 3.63) is 53.1 Å². The Kier molecular flexibility index (Phi) is 6.78. The van der Waals surface area contributed by atoms with Crippen molar-refractivity contribution >= 4 is 46.6 Å². The van der Waals surface area contributed by atoms with Crippen LogP contribution in [0.1, 0.15) is 19.4 Å². The molecular formula is C18H16ClF3N2O2S. The van der Waals surface area contributed by atoms with E-state index in [-0.39, 0.29) is 11.6 Å². The highest BCUT2D eigenvalue weighted by Gasteiger charge is 2.33. The lowest BCUT2D eigenvalue weighted by Crippen LogP contribution is -2.22. The molecule has 2 aromatic rings. The van der Waals surface area contributed by atoms with Crippen LogP contribution >= 0.6 is 23.4 Å². The van der Waals surface area contributed by atoms with Crippen molar-refractivity contribution in [2.75, 3.05) is 10.6 Å². The highest BCUT2D eigenvalue weighted by Crippen LogP contribution is 2.36. The summed E-state index contributed by atoms with van der Waals surface area (Å²) in [4.78, 5) is 24.0. The molecule has 144 valence electrons. The van der Waals surface area contributed by atoms with Gasteiger partial charge in [-0.2, -0.15) is 13.2 Å². The van der Waals surface area contributed by atoms with Crippen LogP contribution in [0.4, 0.5) is 24.5 Å². The Bertz CT molecular complexity index is 841. The number of hydrogen-bond acceptors (Lipinski definition) is 3. The van der Waals surface area contributed by atoms with E-state index in [1.165, 1.54) is 24.8 Å². The van der Waals surface area contributed by atoms with Gasteiger partial charge in [0, 0.05) is 23.2 Å². The molecule has 2 amide bonds. The van der Waals surface area contributed by atoms with Crippen LogP contribution in [0.25, 0.3) is 0 Å². The monoisotopic (exact) mass is 416 g/mol. The van der Waals surface area contributed by atoms with E-state index >= 15 is 0 Å². The molecule has 0 saturated carbocycles. The van der Waals surface area contributed by atoms with Gasteiger partial charge in [0.2, 0.25) is 11.8 Å². The Morgan fingerprint density at radius 1 is 1.04 bits per heavy atom. The number of halogens is 4.